The molecular formula is C21H30N4O3S. The molecule has 0 atom stereocenters. The van der Waals surface area contributed by atoms with Gasteiger partial charge >= 0.3 is 0 Å². The number of carbonyl (C=O) groups excluding carboxylic acids is 1. The van der Waals surface area contributed by atoms with E-state index < -0.39 is 0 Å². The maximum absolute atomic E-state index is 12.6. The van der Waals surface area contributed by atoms with Crippen molar-refractivity contribution < 1.29 is 14.3 Å². The summed E-state index contributed by atoms with van der Waals surface area (Å²) in [7, 11) is 1.65. The lowest BCUT2D eigenvalue weighted by Crippen LogP contribution is -2.59. The van der Waals surface area contributed by atoms with E-state index in [2.05, 4.69) is 20.2 Å². The number of hydrogen-bond donors (Lipinski definition) is 2. The predicted octanol–water partition coefficient (Wildman–Crippen LogP) is 2.81. The highest BCUT2D eigenvalue weighted by Crippen LogP contribution is 2.34. The molecule has 2 heterocycles. The number of morpholine rings is 1. The third-order valence-corrected chi connectivity index (χ3v) is 6.96. The maximum atomic E-state index is 12.6. The topological polar surface area (TPSA) is 79.5 Å². The normalized spacial score (nSPS) is 19.9. The van der Waals surface area contributed by atoms with Gasteiger partial charge < -0.3 is 19.8 Å². The van der Waals surface area contributed by atoms with Crippen LogP contribution in [-0.4, -0.2) is 72.0 Å². The zero-order valence-electron chi connectivity index (χ0n) is 17.0. The van der Waals surface area contributed by atoms with Gasteiger partial charge in [0, 0.05) is 31.2 Å². The number of carbonyl (C=O) groups is 1. The Morgan fingerprint density at radius 3 is 2.86 bits per heavy atom. The van der Waals surface area contributed by atoms with Crippen molar-refractivity contribution in [1.29, 1.82) is 0 Å². The van der Waals surface area contributed by atoms with Gasteiger partial charge in [-0.05, 0) is 25.0 Å². The summed E-state index contributed by atoms with van der Waals surface area (Å²) in [6.45, 7) is 4.24. The van der Waals surface area contributed by atoms with Crippen molar-refractivity contribution in [3.63, 3.8) is 0 Å². The van der Waals surface area contributed by atoms with E-state index in [4.69, 9.17) is 9.47 Å². The molecule has 1 aromatic carbocycles. The number of aromatic nitrogens is 2. The summed E-state index contributed by atoms with van der Waals surface area (Å²) in [5, 5.41) is 3.96. The van der Waals surface area contributed by atoms with E-state index in [1.807, 2.05) is 18.2 Å². The average molecular weight is 419 g/mol. The highest BCUT2D eigenvalue weighted by Gasteiger charge is 2.38. The zero-order chi connectivity index (χ0) is 20.1. The Morgan fingerprint density at radius 1 is 1.31 bits per heavy atom. The number of rotatable bonds is 7. The number of methoxy groups -OCH3 is 1. The molecule has 1 saturated carbocycles. The van der Waals surface area contributed by atoms with E-state index in [1.54, 1.807) is 7.11 Å². The molecule has 158 valence electrons. The Labute approximate surface area is 175 Å². The van der Waals surface area contributed by atoms with Gasteiger partial charge in [-0.2, -0.15) is 0 Å². The molecule has 2 aliphatic rings. The Morgan fingerprint density at radius 2 is 2.10 bits per heavy atom. The monoisotopic (exact) mass is 418 g/mol. The summed E-state index contributed by atoms with van der Waals surface area (Å²) in [5.41, 5.74) is 1.89. The highest BCUT2D eigenvalue weighted by atomic mass is 32.2. The van der Waals surface area contributed by atoms with E-state index in [-0.39, 0.29) is 11.4 Å². The third-order valence-electron chi connectivity index (χ3n) is 6.09. The number of hydrogen-bond acceptors (Lipinski definition) is 6. The number of ether oxygens (including phenoxy) is 2. The van der Waals surface area contributed by atoms with Crippen LogP contribution < -0.4 is 10.1 Å². The van der Waals surface area contributed by atoms with Crippen LogP contribution in [-0.2, 0) is 9.53 Å². The molecule has 4 rings (SSSR count). The largest absolute Gasteiger partial charge is 0.497 e. The molecule has 0 bridgehead atoms. The lowest BCUT2D eigenvalue weighted by atomic mass is 9.79. The van der Waals surface area contributed by atoms with Crippen molar-refractivity contribution in [2.45, 2.75) is 42.8 Å². The second-order valence-electron chi connectivity index (χ2n) is 7.87. The number of thioether (sulfide) groups is 1. The molecule has 2 aromatic rings. The van der Waals surface area contributed by atoms with Crippen LogP contribution in [0, 0.1) is 0 Å². The van der Waals surface area contributed by atoms with Crippen molar-refractivity contribution in [1.82, 2.24) is 20.2 Å². The first-order valence-electron chi connectivity index (χ1n) is 10.4. The molecule has 0 spiro atoms. The Kier molecular flexibility index (Phi) is 6.62. The molecule has 0 unspecified atom stereocenters. The van der Waals surface area contributed by atoms with Gasteiger partial charge in [-0.1, -0.05) is 31.0 Å². The van der Waals surface area contributed by atoms with E-state index in [1.165, 1.54) is 31.0 Å². The van der Waals surface area contributed by atoms with Gasteiger partial charge in [0.05, 0.1) is 37.1 Å². The first-order chi connectivity index (χ1) is 14.2. The molecule has 2 fully saturated rings. The Hall–Kier alpha value is -1.77. The van der Waals surface area contributed by atoms with E-state index in [9.17, 15) is 4.79 Å². The van der Waals surface area contributed by atoms with Gasteiger partial charge in [-0.25, -0.2) is 4.98 Å². The van der Waals surface area contributed by atoms with Crippen LogP contribution in [0.15, 0.2) is 23.4 Å². The molecule has 1 amide bonds. The smallest absolute Gasteiger partial charge is 0.230 e. The number of benzene rings is 1. The molecule has 8 heteroatoms. The molecule has 1 aliphatic carbocycles. The molecule has 1 aromatic heterocycles. The van der Waals surface area contributed by atoms with Gasteiger partial charge in [-0.3, -0.25) is 9.69 Å². The van der Waals surface area contributed by atoms with Crippen molar-refractivity contribution in [2.24, 2.45) is 0 Å². The minimum absolute atomic E-state index is 0.0613. The summed E-state index contributed by atoms with van der Waals surface area (Å²) in [6.07, 6.45) is 6.10. The zero-order valence-corrected chi connectivity index (χ0v) is 17.9. The van der Waals surface area contributed by atoms with Crippen molar-refractivity contribution in [3.8, 4) is 5.75 Å². The fourth-order valence-corrected chi connectivity index (χ4v) is 5.18. The van der Waals surface area contributed by atoms with Crippen molar-refractivity contribution >= 4 is 28.7 Å². The van der Waals surface area contributed by atoms with Crippen LogP contribution in [0.5, 0.6) is 5.75 Å². The fourth-order valence-electron chi connectivity index (χ4n) is 4.46. The number of amides is 1. The summed E-state index contributed by atoms with van der Waals surface area (Å²) >= 11 is 1.44. The summed E-state index contributed by atoms with van der Waals surface area (Å²) in [4.78, 5) is 22.9. The molecule has 2 N–H and O–H groups in total. The van der Waals surface area contributed by atoms with E-state index in [0.29, 0.717) is 5.75 Å². The van der Waals surface area contributed by atoms with Crippen LogP contribution >= 0.6 is 11.8 Å². The SMILES string of the molecule is COc1ccc2nc(SCC(=O)NCC3(N4CCOCC4)CCCCC3)[nH]c2c1. The number of fused-ring (bicyclic) bond motifs is 1. The van der Waals surface area contributed by atoms with Crippen LogP contribution in [0.2, 0.25) is 0 Å². The van der Waals surface area contributed by atoms with Gasteiger partial charge in [0.25, 0.3) is 0 Å². The third kappa shape index (κ3) is 4.87. The van der Waals surface area contributed by atoms with Crippen molar-refractivity contribution in [2.75, 3.05) is 45.7 Å². The van der Waals surface area contributed by atoms with Crippen LogP contribution in [0.25, 0.3) is 11.0 Å². The number of nitrogens with zero attached hydrogens (tertiary/aromatic N) is 2. The molecular weight excluding hydrogens is 388 g/mol. The minimum Gasteiger partial charge on any atom is -0.497 e. The Bertz CT molecular complexity index is 828. The van der Waals surface area contributed by atoms with Crippen LogP contribution in [0.3, 0.4) is 0 Å². The Balaban J connectivity index is 1.32. The van der Waals surface area contributed by atoms with Crippen LogP contribution in [0.4, 0.5) is 0 Å². The lowest BCUT2D eigenvalue weighted by molar-refractivity contribution is -0.119. The number of imidazole rings is 1. The second kappa shape index (κ2) is 9.36. The summed E-state index contributed by atoms with van der Waals surface area (Å²) in [5.74, 6) is 1.21. The van der Waals surface area contributed by atoms with Gasteiger partial charge in [0.15, 0.2) is 5.16 Å². The lowest BCUT2D eigenvalue weighted by Gasteiger charge is -2.48. The standard InChI is InChI=1S/C21H30N4O3S/c1-27-16-5-6-17-18(13-16)24-20(23-17)29-14-19(26)22-15-21(7-3-2-4-8-21)25-9-11-28-12-10-25/h5-6,13H,2-4,7-12,14-15H2,1H3,(H,22,26)(H,23,24). The first kappa shape index (κ1) is 20.5. The first-order valence-corrected chi connectivity index (χ1v) is 11.4. The van der Waals surface area contributed by atoms with Crippen LogP contribution in [0.1, 0.15) is 32.1 Å². The maximum Gasteiger partial charge on any atom is 0.230 e. The van der Waals surface area contributed by atoms with E-state index >= 15 is 0 Å². The fraction of sp³-hybridized carbons (Fsp3) is 0.619. The molecule has 1 aliphatic heterocycles. The average Bonchev–Trinajstić information content (AvgIpc) is 3.19. The molecule has 0 radical (unpaired) electrons. The second-order valence-corrected chi connectivity index (χ2v) is 8.84. The quantitative estimate of drug-likeness (QED) is 0.673. The van der Waals surface area contributed by atoms with Gasteiger partial charge in [0.2, 0.25) is 5.91 Å². The minimum atomic E-state index is 0.0613. The summed E-state index contributed by atoms with van der Waals surface area (Å²) < 4.78 is 10.8. The predicted molar refractivity (Wildman–Crippen MR) is 115 cm³/mol. The number of nitrogens with one attached hydrogen (secondary N) is 2. The highest BCUT2D eigenvalue weighted by molar-refractivity contribution is 7.99. The molecule has 1 saturated heterocycles. The molecule has 29 heavy (non-hydrogen) atoms. The van der Waals surface area contributed by atoms with Gasteiger partial charge in [0.1, 0.15) is 5.75 Å². The molecule has 7 nitrogen and oxygen atoms in total. The van der Waals surface area contributed by atoms with Gasteiger partial charge in [-0.15, -0.1) is 0 Å². The van der Waals surface area contributed by atoms with E-state index in [0.717, 1.165) is 67.6 Å². The number of H-pyrrole nitrogens is 1. The number of aromatic amines is 1. The summed E-state index contributed by atoms with van der Waals surface area (Å²) in [6, 6.07) is 5.73. The van der Waals surface area contributed by atoms with Crippen molar-refractivity contribution in [3.05, 3.63) is 18.2 Å².